The molecule has 0 saturated heterocycles. The lowest BCUT2D eigenvalue weighted by molar-refractivity contribution is -0.247. The van der Waals surface area contributed by atoms with Gasteiger partial charge in [0.2, 0.25) is 0 Å². The Morgan fingerprint density at radius 1 is 1.08 bits per heavy atom. The number of hydrogen-bond acceptors (Lipinski definition) is 6. The predicted octanol–water partition coefficient (Wildman–Crippen LogP) is 5.96. The molecule has 4 fully saturated rings. The number of hydrogen-bond donors (Lipinski definition) is 1. The second-order valence-corrected chi connectivity index (χ2v) is 14.2. The second-order valence-electron chi connectivity index (χ2n) is 13.8. The molecule has 2 N–H and O–H groups in total. The lowest BCUT2D eigenvalue weighted by atomic mass is 9.39. The molecular weight excluding hydrogens is 488 g/mol. The highest BCUT2D eigenvalue weighted by atomic mass is 35.5. The maximum Gasteiger partial charge on any atom is 0.358 e. The summed E-state index contributed by atoms with van der Waals surface area (Å²) < 4.78 is 14.3. The van der Waals surface area contributed by atoms with Crippen molar-refractivity contribution in [1.29, 1.82) is 0 Å². The molecule has 0 aromatic carbocycles. The number of halogens is 1. The van der Waals surface area contributed by atoms with Crippen LogP contribution in [0.15, 0.2) is 18.3 Å². The van der Waals surface area contributed by atoms with Gasteiger partial charge in [-0.2, -0.15) is 5.10 Å². The number of rotatable bonds is 7. The predicted molar refractivity (Wildman–Crippen MR) is 144 cm³/mol. The quantitative estimate of drug-likeness (QED) is 0.352. The first-order valence-electron chi connectivity index (χ1n) is 13.4. The molecule has 2 heterocycles. The molecule has 202 valence electrons. The molecule has 37 heavy (non-hydrogen) atoms. The second kappa shape index (κ2) is 8.78. The van der Waals surface area contributed by atoms with Crippen molar-refractivity contribution in [3.63, 3.8) is 0 Å². The zero-order valence-corrected chi connectivity index (χ0v) is 23.9. The normalized spacial score (nSPS) is 32.6. The molecule has 4 aliphatic rings. The van der Waals surface area contributed by atoms with E-state index in [2.05, 4.69) is 30.4 Å². The first-order chi connectivity index (χ1) is 17.2. The van der Waals surface area contributed by atoms with Gasteiger partial charge in [0, 0.05) is 29.9 Å². The molecule has 0 spiro atoms. The van der Waals surface area contributed by atoms with Crippen molar-refractivity contribution in [2.24, 2.45) is 22.0 Å². The van der Waals surface area contributed by atoms with Crippen LogP contribution in [0.4, 0.5) is 0 Å². The van der Waals surface area contributed by atoms with E-state index in [1.54, 1.807) is 6.07 Å². The summed E-state index contributed by atoms with van der Waals surface area (Å²) in [5, 5.41) is 5.10. The fourth-order valence-corrected chi connectivity index (χ4v) is 8.90. The molecule has 4 aliphatic carbocycles. The average Bonchev–Trinajstić information content (AvgIpc) is 3.08. The van der Waals surface area contributed by atoms with E-state index < -0.39 is 11.6 Å². The molecule has 2 aromatic heterocycles. The molecule has 2 unspecified atom stereocenters. The van der Waals surface area contributed by atoms with Crippen molar-refractivity contribution < 1.29 is 14.3 Å². The number of carbonyl (C=O) groups excluding carboxylic acids is 1. The molecule has 2 aromatic rings. The summed E-state index contributed by atoms with van der Waals surface area (Å²) in [4.78, 5) is 17.4. The molecule has 4 saturated carbocycles. The minimum absolute atomic E-state index is 0.0918. The van der Waals surface area contributed by atoms with Gasteiger partial charge in [0.1, 0.15) is 10.8 Å². The van der Waals surface area contributed by atoms with E-state index in [1.807, 2.05) is 33.0 Å². The standard InChI is InChI=1S/C29H41ClN4O3/c1-19-21(20-7-8-22(30)33-23(20)24(35)37-25(2,3)4)11-32-34(19)18-28-13-26(5)12-27(6,14-28)16-29(15-26,17-28)36-10-9-31/h7-8,11H,9-10,12-18,31H2,1-6H3. The molecule has 0 radical (unpaired) electrons. The highest BCUT2D eigenvalue weighted by Gasteiger charge is 2.66. The largest absolute Gasteiger partial charge is 0.455 e. The minimum atomic E-state index is -0.635. The zero-order valence-electron chi connectivity index (χ0n) is 23.1. The van der Waals surface area contributed by atoms with E-state index in [9.17, 15) is 4.79 Å². The number of ether oxygens (including phenoxy) is 2. The van der Waals surface area contributed by atoms with Crippen LogP contribution >= 0.6 is 11.6 Å². The van der Waals surface area contributed by atoms with Gasteiger partial charge in [-0.3, -0.25) is 4.68 Å². The van der Waals surface area contributed by atoms with Crippen molar-refractivity contribution >= 4 is 17.6 Å². The van der Waals surface area contributed by atoms with E-state index in [0.717, 1.165) is 37.1 Å². The van der Waals surface area contributed by atoms with E-state index in [0.29, 0.717) is 18.7 Å². The van der Waals surface area contributed by atoms with E-state index in [4.69, 9.17) is 31.9 Å². The Balaban J connectivity index is 1.48. The van der Waals surface area contributed by atoms with Crippen molar-refractivity contribution in [1.82, 2.24) is 14.8 Å². The molecule has 4 bridgehead atoms. The van der Waals surface area contributed by atoms with Gasteiger partial charge >= 0.3 is 5.97 Å². The van der Waals surface area contributed by atoms with Crippen molar-refractivity contribution in [3.05, 3.63) is 34.9 Å². The minimum Gasteiger partial charge on any atom is -0.455 e. The third-order valence-electron chi connectivity index (χ3n) is 8.51. The Morgan fingerprint density at radius 2 is 1.76 bits per heavy atom. The summed E-state index contributed by atoms with van der Waals surface area (Å²) in [5.41, 5.74) is 8.57. The highest BCUT2D eigenvalue weighted by Crippen LogP contribution is 2.72. The number of nitrogens with two attached hydrogens (primary N) is 1. The Morgan fingerprint density at radius 3 is 2.38 bits per heavy atom. The third kappa shape index (κ3) is 5.07. The number of aromatic nitrogens is 3. The summed E-state index contributed by atoms with van der Waals surface area (Å²) in [5.74, 6) is -0.488. The maximum absolute atomic E-state index is 13.0. The molecule has 2 atom stereocenters. The van der Waals surface area contributed by atoms with Crippen LogP contribution in [0.2, 0.25) is 5.15 Å². The fourth-order valence-electron chi connectivity index (χ4n) is 8.75. The summed E-state index contributed by atoms with van der Waals surface area (Å²) in [6, 6.07) is 3.55. The van der Waals surface area contributed by atoms with Crippen LogP contribution in [0, 0.1) is 23.2 Å². The summed E-state index contributed by atoms with van der Waals surface area (Å²) in [7, 11) is 0. The van der Waals surface area contributed by atoms with Crippen molar-refractivity contribution in [2.45, 2.75) is 97.8 Å². The Hall–Kier alpha value is -1.96. The van der Waals surface area contributed by atoms with Crippen LogP contribution in [0.3, 0.4) is 0 Å². The zero-order chi connectivity index (χ0) is 26.9. The number of nitrogens with zero attached hydrogens (tertiary/aromatic N) is 3. The van der Waals surface area contributed by atoms with Crippen molar-refractivity contribution in [2.75, 3.05) is 13.2 Å². The van der Waals surface area contributed by atoms with Gasteiger partial charge in [-0.1, -0.05) is 25.4 Å². The Kier molecular flexibility index (Phi) is 6.32. The summed E-state index contributed by atoms with van der Waals surface area (Å²) in [6.07, 6.45) is 8.76. The number of esters is 1. The summed E-state index contributed by atoms with van der Waals surface area (Å²) in [6.45, 7) is 14.5. The van der Waals surface area contributed by atoms with Gasteiger partial charge in [0.25, 0.3) is 0 Å². The van der Waals surface area contributed by atoms with E-state index in [-0.39, 0.29) is 32.7 Å². The van der Waals surface area contributed by atoms with Gasteiger partial charge in [0.05, 0.1) is 18.4 Å². The van der Waals surface area contributed by atoms with Crippen LogP contribution < -0.4 is 5.73 Å². The van der Waals surface area contributed by atoms with Gasteiger partial charge < -0.3 is 15.2 Å². The molecule has 0 aliphatic heterocycles. The monoisotopic (exact) mass is 528 g/mol. The smallest absolute Gasteiger partial charge is 0.358 e. The Labute approximate surface area is 225 Å². The lowest BCUT2D eigenvalue weighted by Crippen LogP contribution is -2.64. The van der Waals surface area contributed by atoms with Gasteiger partial charge in [-0.15, -0.1) is 0 Å². The Bertz CT molecular complexity index is 1200. The van der Waals surface area contributed by atoms with Crippen LogP contribution in [0.1, 0.15) is 89.3 Å². The van der Waals surface area contributed by atoms with Crippen LogP contribution in [-0.4, -0.2) is 45.1 Å². The number of carbonyl (C=O) groups is 1. The van der Waals surface area contributed by atoms with E-state index >= 15 is 0 Å². The molecule has 7 nitrogen and oxygen atoms in total. The van der Waals surface area contributed by atoms with Crippen molar-refractivity contribution in [3.8, 4) is 11.1 Å². The SMILES string of the molecule is Cc1c(-c2ccc(Cl)nc2C(=O)OC(C)(C)C)cnn1CC12CC3(C)CC(C)(C1)CC(OCCN)(C3)C2. The van der Waals surface area contributed by atoms with Gasteiger partial charge in [-0.25, -0.2) is 9.78 Å². The first kappa shape index (κ1) is 26.6. The molecule has 6 rings (SSSR count). The molecular formula is C29H41ClN4O3. The molecule has 8 heteroatoms. The van der Waals surface area contributed by atoms with Gasteiger partial charge in [0.15, 0.2) is 5.69 Å². The number of pyridine rings is 1. The summed E-state index contributed by atoms with van der Waals surface area (Å²) >= 11 is 6.18. The first-order valence-corrected chi connectivity index (χ1v) is 13.8. The van der Waals surface area contributed by atoms with Crippen LogP contribution in [-0.2, 0) is 16.0 Å². The van der Waals surface area contributed by atoms with E-state index in [1.165, 1.54) is 19.3 Å². The van der Waals surface area contributed by atoms with Crippen LogP contribution in [0.25, 0.3) is 11.1 Å². The molecule has 0 amide bonds. The third-order valence-corrected chi connectivity index (χ3v) is 8.72. The topological polar surface area (TPSA) is 92.3 Å². The highest BCUT2D eigenvalue weighted by molar-refractivity contribution is 6.29. The van der Waals surface area contributed by atoms with Crippen LogP contribution in [0.5, 0.6) is 0 Å². The fraction of sp³-hybridized carbons (Fsp3) is 0.690. The maximum atomic E-state index is 13.0. The average molecular weight is 529 g/mol. The lowest BCUT2D eigenvalue weighted by Gasteiger charge is -2.69. The van der Waals surface area contributed by atoms with Gasteiger partial charge in [-0.05, 0) is 94.6 Å².